The van der Waals surface area contributed by atoms with Crippen LogP contribution in [0.25, 0.3) is 0 Å². The normalized spacial score (nSPS) is 20.8. The Morgan fingerprint density at radius 3 is 2.64 bits per heavy atom. The molecule has 1 aliphatic rings. The second kappa shape index (κ2) is 8.44. The van der Waals surface area contributed by atoms with E-state index in [0.29, 0.717) is 12.5 Å². The summed E-state index contributed by atoms with van der Waals surface area (Å²) in [5.74, 6) is -0.0219. The van der Waals surface area contributed by atoms with Crippen molar-refractivity contribution in [1.82, 2.24) is 19.4 Å². The molecule has 8 nitrogen and oxygen atoms in total. The Morgan fingerprint density at radius 1 is 1.28 bits per heavy atom. The smallest absolute Gasteiger partial charge is 0.331 e. The molecule has 2 rings (SSSR count). The molecule has 0 saturated carbocycles. The van der Waals surface area contributed by atoms with Crippen LogP contribution >= 0.6 is 0 Å². The summed E-state index contributed by atoms with van der Waals surface area (Å²) in [6.45, 7) is 5.27. The fraction of sp³-hybridized carbons (Fsp3) is 0.706. The maximum Gasteiger partial charge on any atom is 0.331 e. The molecule has 1 aromatic rings. The molecule has 1 N–H and O–H groups in total. The summed E-state index contributed by atoms with van der Waals surface area (Å²) in [6, 6.07) is 1.21. The van der Waals surface area contributed by atoms with Gasteiger partial charge in [-0.05, 0) is 12.3 Å². The highest BCUT2D eigenvalue weighted by molar-refractivity contribution is 5.92. The van der Waals surface area contributed by atoms with E-state index in [2.05, 4.69) is 17.1 Å². The Morgan fingerprint density at radius 2 is 2.00 bits per heavy atom. The zero-order valence-electron chi connectivity index (χ0n) is 15.4. The van der Waals surface area contributed by atoms with Crippen molar-refractivity contribution in [3.05, 3.63) is 32.6 Å². The number of hydrogen-bond donors (Lipinski definition) is 1. The standard InChI is InChI=1S/C17H28N4O4/c1-5-6-12-10-21(7-8-25-4)11-13(12)18-16(23)14-9-15(22)20(3)17(24)19(14)2/h9,12-13H,5-8,10-11H2,1-4H3,(H,18,23)/t12-,13-/m0/s1. The third kappa shape index (κ3) is 4.38. The number of likely N-dealkylation sites (tertiary alicyclic amines) is 1. The average molecular weight is 352 g/mol. The fourth-order valence-electron chi connectivity index (χ4n) is 3.38. The molecule has 0 aliphatic carbocycles. The van der Waals surface area contributed by atoms with Crippen molar-refractivity contribution < 1.29 is 9.53 Å². The molecule has 25 heavy (non-hydrogen) atoms. The van der Waals surface area contributed by atoms with Gasteiger partial charge in [0.25, 0.3) is 11.5 Å². The van der Waals surface area contributed by atoms with E-state index in [1.807, 2.05) is 0 Å². The number of aromatic nitrogens is 2. The van der Waals surface area contributed by atoms with Crippen molar-refractivity contribution in [1.29, 1.82) is 0 Å². The van der Waals surface area contributed by atoms with Gasteiger partial charge in [0, 0.05) is 52.9 Å². The van der Waals surface area contributed by atoms with E-state index in [0.717, 1.165) is 37.0 Å². The molecule has 1 saturated heterocycles. The van der Waals surface area contributed by atoms with Crippen molar-refractivity contribution in [3.8, 4) is 0 Å². The third-order valence-corrected chi connectivity index (χ3v) is 4.86. The molecule has 0 spiro atoms. The summed E-state index contributed by atoms with van der Waals surface area (Å²) in [4.78, 5) is 38.8. The Kier molecular flexibility index (Phi) is 6.55. The third-order valence-electron chi connectivity index (χ3n) is 4.86. The van der Waals surface area contributed by atoms with Gasteiger partial charge in [0.1, 0.15) is 5.69 Å². The van der Waals surface area contributed by atoms with E-state index >= 15 is 0 Å². The van der Waals surface area contributed by atoms with Crippen LogP contribution in [0.5, 0.6) is 0 Å². The number of nitrogens with one attached hydrogen (secondary N) is 1. The maximum atomic E-state index is 12.6. The summed E-state index contributed by atoms with van der Waals surface area (Å²) < 4.78 is 7.33. The van der Waals surface area contributed by atoms with Crippen LogP contribution in [0.15, 0.2) is 15.7 Å². The largest absolute Gasteiger partial charge is 0.383 e. The number of carbonyl (C=O) groups is 1. The van der Waals surface area contributed by atoms with Crippen LogP contribution < -0.4 is 16.6 Å². The first-order chi connectivity index (χ1) is 11.9. The van der Waals surface area contributed by atoms with Gasteiger partial charge in [0.15, 0.2) is 0 Å². The van der Waals surface area contributed by atoms with Crippen molar-refractivity contribution in [2.45, 2.75) is 25.8 Å². The molecular formula is C17H28N4O4. The summed E-state index contributed by atoms with van der Waals surface area (Å²) in [6.07, 6.45) is 2.06. The van der Waals surface area contributed by atoms with E-state index in [1.54, 1.807) is 7.11 Å². The maximum absolute atomic E-state index is 12.6. The van der Waals surface area contributed by atoms with Crippen molar-refractivity contribution in [3.63, 3.8) is 0 Å². The molecule has 1 fully saturated rings. The van der Waals surface area contributed by atoms with Crippen LogP contribution in [-0.2, 0) is 18.8 Å². The Labute approximate surface area is 147 Å². The van der Waals surface area contributed by atoms with Crippen LogP contribution in [0.3, 0.4) is 0 Å². The van der Waals surface area contributed by atoms with Gasteiger partial charge in [-0.2, -0.15) is 0 Å². The first-order valence-electron chi connectivity index (χ1n) is 8.68. The SMILES string of the molecule is CCC[C@H]1CN(CCOC)C[C@@H]1NC(=O)c1cc(=O)n(C)c(=O)n1C. The molecule has 1 aromatic heterocycles. The first kappa shape index (κ1) is 19.4. The number of amides is 1. The minimum Gasteiger partial charge on any atom is -0.383 e. The van der Waals surface area contributed by atoms with E-state index < -0.39 is 11.2 Å². The number of methoxy groups -OCH3 is 1. The molecule has 1 aliphatic heterocycles. The predicted octanol–water partition coefficient (Wildman–Crippen LogP) is -0.439. The molecule has 8 heteroatoms. The second-order valence-corrected chi connectivity index (χ2v) is 6.65. The Balaban J connectivity index is 2.15. The van der Waals surface area contributed by atoms with Gasteiger partial charge in [-0.1, -0.05) is 13.3 Å². The van der Waals surface area contributed by atoms with Crippen LogP contribution in [0.4, 0.5) is 0 Å². The summed E-state index contributed by atoms with van der Waals surface area (Å²) >= 11 is 0. The van der Waals surface area contributed by atoms with Gasteiger partial charge in [-0.3, -0.25) is 23.6 Å². The van der Waals surface area contributed by atoms with E-state index in [-0.39, 0.29) is 17.6 Å². The van der Waals surface area contributed by atoms with Gasteiger partial charge in [0.05, 0.1) is 6.61 Å². The van der Waals surface area contributed by atoms with Gasteiger partial charge in [0.2, 0.25) is 0 Å². The predicted molar refractivity (Wildman–Crippen MR) is 94.9 cm³/mol. The molecule has 1 amide bonds. The van der Waals surface area contributed by atoms with Gasteiger partial charge >= 0.3 is 5.69 Å². The Hall–Kier alpha value is -1.93. The second-order valence-electron chi connectivity index (χ2n) is 6.65. The zero-order chi connectivity index (χ0) is 18.6. The number of carbonyl (C=O) groups excluding carboxylic acids is 1. The molecule has 2 heterocycles. The number of hydrogen-bond acceptors (Lipinski definition) is 5. The van der Waals surface area contributed by atoms with E-state index in [4.69, 9.17) is 4.74 Å². The molecule has 0 aromatic carbocycles. The minimum absolute atomic E-state index is 0.00321. The molecule has 0 unspecified atom stereocenters. The van der Waals surface area contributed by atoms with Crippen LogP contribution in [0.1, 0.15) is 30.3 Å². The lowest BCUT2D eigenvalue weighted by atomic mass is 9.98. The molecule has 0 bridgehead atoms. The van der Waals surface area contributed by atoms with Crippen LogP contribution in [0.2, 0.25) is 0 Å². The monoisotopic (exact) mass is 352 g/mol. The molecular weight excluding hydrogens is 324 g/mol. The number of rotatable bonds is 7. The van der Waals surface area contributed by atoms with E-state index in [1.165, 1.54) is 24.7 Å². The quantitative estimate of drug-likeness (QED) is 0.719. The molecule has 140 valence electrons. The minimum atomic E-state index is -0.504. The summed E-state index contributed by atoms with van der Waals surface area (Å²) in [7, 11) is 4.57. The Bertz CT molecular complexity index is 724. The lowest BCUT2D eigenvalue weighted by Gasteiger charge is -2.20. The lowest BCUT2D eigenvalue weighted by molar-refractivity contribution is 0.0918. The fourth-order valence-corrected chi connectivity index (χ4v) is 3.38. The van der Waals surface area contributed by atoms with Crippen molar-refractivity contribution in [2.24, 2.45) is 20.0 Å². The molecule has 0 radical (unpaired) electrons. The topological polar surface area (TPSA) is 85.6 Å². The zero-order valence-corrected chi connectivity index (χ0v) is 15.4. The van der Waals surface area contributed by atoms with Crippen molar-refractivity contribution >= 4 is 5.91 Å². The molecule has 2 atom stereocenters. The van der Waals surface area contributed by atoms with Gasteiger partial charge in [-0.15, -0.1) is 0 Å². The van der Waals surface area contributed by atoms with Gasteiger partial charge < -0.3 is 10.1 Å². The number of nitrogens with zero attached hydrogens (tertiary/aromatic N) is 3. The van der Waals surface area contributed by atoms with Crippen LogP contribution in [0, 0.1) is 5.92 Å². The summed E-state index contributed by atoms with van der Waals surface area (Å²) in [5.41, 5.74) is -0.888. The van der Waals surface area contributed by atoms with E-state index in [9.17, 15) is 14.4 Å². The van der Waals surface area contributed by atoms with Crippen LogP contribution in [-0.4, -0.2) is 59.3 Å². The highest BCUT2D eigenvalue weighted by Gasteiger charge is 2.33. The first-order valence-corrected chi connectivity index (χ1v) is 8.68. The number of ether oxygens (including phenoxy) is 1. The van der Waals surface area contributed by atoms with Gasteiger partial charge in [-0.25, -0.2) is 4.79 Å². The average Bonchev–Trinajstić information content (AvgIpc) is 2.96. The summed E-state index contributed by atoms with van der Waals surface area (Å²) in [5, 5.41) is 3.02. The van der Waals surface area contributed by atoms with Crippen molar-refractivity contribution in [2.75, 3.05) is 33.4 Å². The lowest BCUT2D eigenvalue weighted by Crippen LogP contribution is -2.45. The highest BCUT2D eigenvalue weighted by atomic mass is 16.5. The highest BCUT2D eigenvalue weighted by Crippen LogP contribution is 2.21.